The first-order valence-corrected chi connectivity index (χ1v) is 6.13. The topological polar surface area (TPSA) is 117 Å². The van der Waals surface area contributed by atoms with Crippen LogP contribution in [0, 0.1) is 0 Å². The first kappa shape index (κ1) is 13.7. The van der Waals surface area contributed by atoms with E-state index in [9.17, 15) is 14.4 Å². The second kappa shape index (κ2) is 5.49. The molecule has 1 amide bonds. The van der Waals surface area contributed by atoms with Gasteiger partial charge < -0.3 is 10.2 Å². The van der Waals surface area contributed by atoms with Crippen molar-refractivity contribution in [2.24, 2.45) is 0 Å². The van der Waals surface area contributed by atoms with Crippen LogP contribution in [0.2, 0.25) is 0 Å². The van der Waals surface area contributed by atoms with Gasteiger partial charge in [-0.2, -0.15) is 0 Å². The van der Waals surface area contributed by atoms with E-state index in [1.165, 1.54) is 24.3 Å². The Kier molecular flexibility index (Phi) is 3.76. The third kappa shape index (κ3) is 2.81. The number of aromatic carboxylic acids is 2. The van der Waals surface area contributed by atoms with Gasteiger partial charge in [0.05, 0.1) is 17.3 Å². The fraction of sp³-hybridized carbons (Fsp3) is 0. The molecule has 1 aromatic heterocycles. The van der Waals surface area contributed by atoms with Crippen molar-refractivity contribution in [3.05, 3.63) is 46.5 Å². The van der Waals surface area contributed by atoms with Gasteiger partial charge in [0.25, 0.3) is 5.91 Å². The van der Waals surface area contributed by atoms with Crippen LogP contribution in [-0.2, 0) is 0 Å². The highest BCUT2D eigenvalue weighted by Gasteiger charge is 2.17. The maximum atomic E-state index is 12.0. The van der Waals surface area contributed by atoms with Crippen molar-refractivity contribution >= 4 is 34.3 Å². The summed E-state index contributed by atoms with van der Waals surface area (Å²) in [6.07, 6.45) is 1.12. The molecule has 0 bridgehead atoms. The fourth-order valence-corrected chi connectivity index (χ4v) is 2.11. The normalized spacial score (nSPS) is 10.0. The number of carboxylic acids is 2. The molecule has 0 fully saturated rings. The summed E-state index contributed by atoms with van der Waals surface area (Å²) in [6, 6.07) is 5.71. The number of anilines is 1. The highest BCUT2D eigenvalue weighted by Crippen LogP contribution is 2.19. The lowest BCUT2D eigenvalue weighted by Crippen LogP contribution is -2.16. The molecule has 0 aliphatic carbocycles. The lowest BCUT2D eigenvalue weighted by atomic mass is 10.1. The standard InChI is InChI=1S/C12H8N2O5S/c15-9(6-3-1-2-4-7(6)10(16)17)14-12-13-5-8(20-12)11(18)19/h1-5H,(H,16,17)(H,18,19)(H,13,14,15). The van der Waals surface area contributed by atoms with Gasteiger partial charge in [-0.25, -0.2) is 14.6 Å². The smallest absolute Gasteiger partial charge is 0.347 e. The first-order valence-electron chi connectivity index (χ1n) is 5.32. The third-order valence-corrected chi connectivity index (χ3v) is 3.24. The average Bonchev–Trinajstić information content (AvgIpc) is 2.87. The molecule has 0 spiro atoms. The van der Waals surface area contributed by atoms with Crippen LogP contribution >= 0.6 is 11.3 Å². The minimum Gasteiger partial charge on any atom is -0.478 e. The third-order valence-electron chi connectivity index (χ3n) is 2.34. The monoisotopic (exact) mass is 292 g/mol. The van der Waals surface area contributed by atoms with Crippen LogP contribution in [0.15, 0.2) is 30.5 Å². The lowest BCUT2D eigenvalue weighted by molar-refractivity contribution is 0.0686. The Bertz CT molecular complexity index is 695. The SMILES string of the molecule is O=C(O)c1cnc(NC(=O)c2ccccc2C(=O)O)s1. The zero-order valence-electron chi connectivity index (χ0n) is 9.86. The fourth-order valence-electron chi connectivity index (χ4n) is 1.46. The van der Waals surface area contributed by atoms with Gasteiger partial charge in [0.15, 0.2) is 5.13 Å². The number of carbonyl (C=O) groups is 3. The summed E-state index contributed by atoms with van der Waals surface area (Å²) in [5.41, 5.74) is -0.160. The molecule has 3 N–H and O–H groups in total. The Hall–Kier alpha value is -2.74. The predicted octanol–water partition coefficient (Wildman–Crippen LogP) is 1.79. The molecule has 0 saturated heterocycles. The quantitative estimate of drug-likeness (QED) is 0.791. The number of amides is 1. The molecule has 0 atom stereocenters. The zero-order valence-corrected chi connectivity index (χ0v) is 10.7. The van der Waals surface area contributed by atoms with Gasteiger partial charge in [-0.05, 0) is 12.1 Å². The lowest BCUT2D eigenvalue weighted by Gasteiger charge is -2.04. The second-order valence-electron chi connectivity index (χ2n) is 3.64. The minimum atomic E-state index is -1.22. The maximum Gasteiger partial charge on any atom is 0.347 e. The molecule has 0 aliphatic rings. The Morgan fingerprint density at radius 1 is 1.05 bits per heavy atom. The molecule has 0 aliphatic heterocycles. The molecule has 7 nitrogen and oxygen atoms in total. The summed E-state index contributed by atoms with van der Waals surface area (Å²) in [4.78, 5) is 37.4. The van der Waals surface area contributed by atoms with Crippen LogP contribution in [0.5, 0.6) is 0 Å². The Morgan fingerprint density at radius 2 is 1.70 bits per heavy atom. The zero-order chi connectivity index (χ0) is 14.7. The summed E-state index contributed by atoms with van der Waals surface area (Å²) >= 11 is 0.788. The van der Waals surface area contributed by atoms with Gasteiger partial charge >= 0.3 is 11.9 Å². The largest absolute Gasteiger partial charge is 0.478 e. The Balaban J connectivity index is 2.24. The number of carbonyl (C=O) groups excluding carboxylic acids is 1. The molecule has 1 heterocycles. The number of benzene rings is 1. The average molecular weight is 292 g/mol. The molecule has 20 heavy (non-hydrogen) atoms. The molecule has 8 heteroatoms. The highest BCUT2D eigenvalue weighted by atomic mass is 32.1. The van der Waals surface area contributed by atoms with E-state index in [0.717, 1.165) is 17.5 Å². The molecule has 2 rings (SSSR count). The van der Waals surface area contributed by atoms with E-state index < -0.39 is 17.8 Å². The summed E-state index contributed by atoms with van der Waals surface area (Å²) in [5.74, 6) is -3.02. The Morgan fingerprint density at radius 3 is 2.25 bits per heavy atom. The van der Waals surface area contributed by atoms with Gasteiger partial charge in [0, 0.05) is 0 Å². The van der Waals surface area contributed by atoms with Crippen molar-refractivity contribution in [3.63, 3.8) is 0 Å². The van der Waals surface area contributed by atoms with E-state index in [-0.39, 0.29) is 21.1 Å². The van der Waals surface area contributed by atoms with Crippen LogP contribution < -0.4 is 5.32 Å². The molecule has 2 aromatic rings. The van der Waals surface area contributed by atoms with E-state index in [0.29, 0.717) is 0 Å². The number of carboxylic acid groups (broad SMARTS) is 2. The maximum absolute atomic E-state index is 12.0. The summed E-state index contributed by atoms with van der Waals surface area (Å²) in [7, 11) is 0. The highest BCUT2D eigenvalue weighted by molar-refractivity contribution is 7.17. The molecular formula is C12H8N2O5S. The van der Waals surface area contributed by atoms with E-state index in [1.807, 2.05) is 0 Å². The second-order valence-corrected chi connectivity index (χ2v) is 4.67. The molecule has 102 valence electrons. The van der Waals surface area contributed by atoms with Crippen molar-refractivity contribution in [1.29, 1.82) is 0 Å². The van der Waals surface area contributed by atoms with Crippen molar-refractivity contribution in [1.82, 2.24) is 4.98 Å². The van der Waals surface area contributed by atoms with E-state index in [4.69, 9.17) is 10.2 Å². The molecular weight excluding hydrogens is 284 g/mol. The number of hydrogen-bond donors (Lipinski definition) is 3. The van der Waals surface area contributed by atoms with E-state index in [2.05, 4.69) is 10.3 Å². The number of thiazole rings is 1. The number of nitrogens with zero attached hydrogens (tertiary/aromatic N) is 1. The van der Waals surface area contributed by atoms with Crippen LogP contribution in [0.1, 0.15) is 30.4 Å². The van der Waals surface area contributed by atoms with Crippen molar-refractivity contribution in [2.45, 2.75) is 0 Å². The van der Waals surface area contributed by atoms with Crippen LogP contribution in [-0.4, -0.2) is 33.0 Å². The van der Waals surface area contributed by atoms with Gasteiger partial charge in [0.1, 0.15) is 4.88 Å². The van der Waals surface area contributed by atoms with Gasteiger partial charge in [-0.1, -0.05) is 23.5 Å². The number of aromatic nitrogens is 1. The summed E-state index contributed by atoms with van der Waals surface area (Å²) < 4.78 is 0. The van der Waals surface area contributed by atoms with Crippen molar-refractivity contribution in [3.8, 4) is 0 Å². The van der Waals surface area contributed by atoms with Crippen LogP contribution in [0.4, 0.5) is 5.13 Å². The molecule has 0 unspecified atom stereocenters. The van der Waals surface area contributed by atoms with Crippen LogP contribution in [0.3, 0.4) is 0 Å². The van der Waals surface area contributed by atoms with Gasteiger partial charge in [-0.15, -0.1) is 0 Å². The van der Waals surface area contributed by atoms with Gasteiger partial charge in [0.2, 0.25) is 0 Å². The number of hydrogen-bond acceptors (Lipinski definition) is 5. The van der Waals surface area contributed by atoms with Crippen molar-refractivity contribution in [2.75, 3.05) is 5.32 Å². The Labute approximate surface area is 116 Å². The molecule has 0 saturated carbocycles. The van der Waals surface area contributed by atoms with Gasteiger partial charge in [-0.3, -0.25) is 10.1 Å². The molecule has 1 aromatic carbocycles. The van der Waals surface area contributed by atoms with Crippen molar-refractivity contribution < 1.29 is 24.6 Å². The van der Waals surface area contributed by atoms with Crippen LogP contribution in [0.25, 0.3) is 0 Å². The summed E-state index contributed by atoms with van der Waals surface area (Å²) in [6.45, 7) is 0. The van der Waals surface area contributed by atoms with E-state index in [1.54, 1.807) is 0 Å². The number of nitrogens with one attached hydrogen (secondary N) is 1. The number of rotatable bonds is 4. The molecule has 0 radical (unpaired) electrons. The van der Waals surface area contributed by atoms with E-state index >= 15 is 0 Å². The first-order chi connectivity index (χ1) is 9.49. The predicted molar refractivity (Wildman–Crippen MR) is 70.4 cm³/mol. The minimum absolute atomic E-state index is 0.0212. The summed E-state index contributed by atoms with van der Waals surface area (Å²) in [5, 5.41) is 20.2.